The van der Waals surface area contributed by atoms with Gasteiger partial charge in [-0.1, -0.05) is 12.8 Å². The zero-order valence-electron chi connectivity index (χ0n) is 7.45. The van der Waals surface area contributed by atoms with Gasteiger partial charge < -0.3 is 15.9 Å². The molecule has 0 spiro atoms. The van der Waals surface area contributed by atoms with Gasteiger partial charge in [0.05, 0.1) is 0 Å². The Hall–Kier alpha value is -0.120. The molecule has 0 aliphatic heterocycles. The Bertz CT molecular complexity index is 118. The highest BCUT2D eigenvalue weighted by atomic mass is 16.5. The van der Waals surface area contributed by atoms with Crippen LogP contribution in [0.25, 0.3) is 0 Å². The molecule has 1 aliphatic rings. The van der Waals surface area contributed by atoms with E-state index in [1.54, 1.807) is 0 Å². The lowest BCUT2D eigenvalue weighted by atomic mass is 9.89. The molecule has 0 aromatic heterocycles. The Kier molecular flexibility index (Phi) is 3.98. The number of rotatable bonds is 1. The molecule has 0 saturated heterocycles. The lowest BCUT2D eigenvalue weighted by Crippen LogP contribution is -2.26. The van der Waals surface area contributed by atoms with Gasteiger partial charge in [0.2, 0.25) is 0 Å². The van der Waals surface area contributed by atoms with Gasteiger partial charge in [-0.3, -0.25) is 0 Å². The topological polar surface area (TPSA) is 66.5 Å². The molecular weight excluding hydrogens is 154 g/mol. The van der Waals surface area contributed by atoms with Crippen LogP contribution in [0.2, 0.25) is 0 Å². The van der Waals surface area contributed by atoms with Gasteiger partial charge >= 0.3 is 0 Å². The zero-order valence-corrected chi connectivity index (χ0v) is 7.45. The lowest BCUT2D eigenvalue weighted by molar-refractivity contribution is -0.0900. The van der Waals surface area contributed by atoms with Crippen LogP contribution >= 0.6 is 0 Å². The fraction of sp³-hybridized carbons (Fsp3) is 1.00. The summed E-state index contributed by atoms with van der Waals surface area (Å²) < 4.78 is 0. The minimum atomic E-state index is -1.13. The van der Waals surface area contributed by atoms with E-state index in [1.165, 1.54) is 0 Å². The summed E-state index contributed by atoms with van der Waals surface area (Å²) in [5.74, 6) is 0.0810. The van der Waals surface area contributed by atoms with Gasteiger partial charge in [-0.2, -0.15) is 0 Å². The van der Waals surface area contributed by atoms with E-state index in [1.807, 2.05) is 0 Å². The van der Waals surface area contributed by atoms with E-state index >= 15 is 0 Å². The van der Waals surface area contributed by atoms with Crippen LogP contribution in [0.4, 0.5) is 0 Å². The monoisotopic (exact) mass is 173 g/mol. The van der Waals surface area contributed by atoms with E-state index in [0.29, 0.717) is 6.04 Å². The Balaban J connectivity index is 2.30. The minimum absolute atomic E-state index is 0.0810. The van der Waals surface area contributed by atoms with Crippen molar-refractivity contribution in [2.45, 2.75) is 50.9 Å². The van der Waals surface area contributed by atoms with Crippen molar-refractivity contribution >= 4 is 0 Å². The quantitative estimate of drug-likeness (QED) is 0.508. The molecule has 12 heavy (non-hydrogen) atoms. The first-order valence-corrected chi connectivity index (χ1v) is 4.82. The van der Waals surface area contributed by atoms with Crippen molar-refractivity contribution in [1.29, 1.82) is 0 Å². The van der Waals surface area contributed by atoms with Crippen molar-refractivity contribution in [3.8, 4) is 0 Å². The molecule has 1 saturated carbocycles. The van der Waals surface area contributed by atoms with Crippen LogP contribution in [0.1, 0.15) is 38.5 Å². The summed E-state index contributed by atoms with van der Waals surface area (Å²) >= 11 is 0. The number of aliphatic hydroxyl groups excluding tert-OH is 1. The second kappa shape index (κ2) is 4.80. The van der Waals surface area contributed by atoms with Crippen molar-refractivity contribution in [2.24, 2.45) is 11.7 Å². The van der Waals surface area contributed by atoms with E-state index in [-0.39, 0.29) is 5.92 Å². The van der Waals surface area contributed by atoms with Gasteiger partial charge in [-0.05, 0) is 25.7 Å². The van der Waals surface area contributed by atoms with Gasteiger partial charge in [0.1, 0.15) is 0 Å². The molecule has 1 fully saturated rings. The third-order valence-corrected chi connectivity index (χ3v) is 2.72. The molecule has 3 nitrogen and oxygen atoms in total. The predicted octanol–water partition coefficient (Wildman–Crippen LogP) is 0.595. The standard InChI is InChI=1S/C9H19NO2/c10-8-5-1-3-7(9(11)12)4-2-6-8/h7-9,11-12H,1-6,10H2. The second-order valence-electron chi connectivity index (χ2n) is 3.80. The molecule has 0 atom stereocenters. The second-order valence-corrected chi connectivity index (χ2v) is 3.80. The molecule has 0 radical (unpaired) electrons. The first-order chi connectivity index (χ1) is 5.70. The molecule has 0 heterocycles. The molecule has 1 aliphatic carbocycles. The first-order valence-electron chi connectivity index (χ1n) is 4.82. The molecule has 1 rings (SSSR count). The summed E-state index contributed by atoms with van der Waals surface area (Å²) in [5, 5.41) is 18.0. The maximum absolute atomic E-state index is 8.98. The van der Waals surface area contributed by atoms with E-state index in [2.05, 4.69) is 0 Å². The third-order valence-electron chi connectivity index (χ3n) is 2.72. The molecule has 3 heteroatoms. The molecule has 0 aromatic carbocycles. The predicted molar refractivity (Wildman–Crippen MR) is 47.4 cm³/mol. The van der Waals surface area contributed by atoms with Crippen LogP contribution in [-0.2, 0) is 0 Å². The van der Waals surface area contributed by atoms with Gasteiger partial charge in [0, 0.05) is 12.0 Å². The summed E-state index contributed by atoms with van der Waals surface area (Å²) in [7, 11) is 0. The number of hydrogen-bond acceptors (Lipinski definition) is 3. The average molecular weight is 173 g/mol. The maximum atomic E-state index is 8.98. The molecule has 0 unspecified atom stereocenters. The summed E-state index contributed by atoms with van der Waals surface area (Å²) in [6.07, 6.45) is 4.81. The third kappa shape index (κ3) is 3.09. The maximum Gasteiger partial charge on any atom is 0.154 e. The van der Waals surface area contributed by atoms with Crippen molar-refractivity contribution in [3.63, 3.8) is 0 Å². The van der Waals surface area contributed by atoms with E-state index < -0.39 is 6.29 Å². The van der Waals surface area contributed by atoms with Crippen LogP contribution in [-0.4, -0.2) is 22.5 Å². The van der Waals surface area contributed by atoms with Crippen molar-refractivity contribution < 1.29 is 10.2 Å². The highest BCUT2D eigenvalue weighted by Gasteiger charge is 2.19. The van der Waals surface area contributed by atoms with Gasteiger partial charge in [0.25, 0.3) is 0 Å². The highest BCUT2D eigenvalue weighted by Crippen LogP contribution is 2.23. The summed E-state index contributed by atoms with van der Waals surface area (Å²) in [5.41, 5.74) is 5.80. The van der Waals surface area contributed by atoms with E-state index in [9.17, 15) is 0 Å². The fourth-order valence-electron chi connectivity index (χ4n) is 1.87. The minimum Gasteiger partial charge on any atom is -0.368 e. The lowest BCUT2D eigenvalue weighted by Gasteiger charge is -2.23. The molecule has 0 aromatic rings. The summed E-state index contributed by atoms with van der Waals surface area (Å²) in [6, 6.07) is 0.335. The summed E-state index contributed by atoms with van der Waals surface area (Å²) in [4.78, 5) is 0. The molecule has 72 valence electrons. The van der Waals surface area contributed by atoms with Crippen molar-refractivity contribution in [1.82, 2.24) is 0 Å². The van der Waals surface area contributed by atoms with Gasteiger partial charge in [-0.25, -0.2) is 0 Å². The Morgan fingerprint density at radius 1 is 1.00 bits per heavy atom. The van der Waals surface area contributed by atoms with E-state index in [0.717, 1.165) is 38.5 Å². The largest absolute Gasteiger partial charge is 0.368 e. The molecule has 0 bridgehead atoms. The molecule has 0 amide bonds. The smallest absolute Gasteiger partial charge is 0.154 e. The van der Waals surface area contributed by atoms with E-state index in [4.69, 9.17) is 15.9 Å². The molecule has 4 N–H and O–H groups in total. The van der Waals surface area contributed by atoms with Crippen molar-refractivity contribution in [3.05, 3.63) is 0 Å². The Labute approximate surface area is 73.6 Å². The number of aliphatic hydroxyl groups is 2. The van der Waals surface area contributed by atoms with Gasteiger partial charge in [0.15, 0.2) is 6.29 Å². The van der Waals surface area contributed by atoms with Crippen LogP contribution in [0.3, 0.4) is 0 Å². The van der Waals surface area contributed by atoms with Crippen LogP contribution in [0, 0.1) is 5.92 Å². The Morgan fingerprint density at radius 2 is 1.50 bits per heavy atom. The number of hydrogen-bond donors (Lipinski definition) is 3. The number of nitrogens with two attached hydrogens (primary N) is 1. The first kappa shape index (κ1) is 9.96. The van der Waals surface area contributed by atoms with Crippen molar-refractivity contribution in [2.75, 3.05) is 0 Å². The van der Waals surface area contributed by atoms with Crippen LogP contribution in [0.15, 0.2) is 0 Å². The average Bonchev–Trinajstić information content (AvgIpc) is 1.95. The molecular formula is C9H19NO2. The SMILES string of the molecule is NC1CCCC(C(O)O)CCC1. The highest BCUT2D eigenvalue weighted by molar-refractivity contribution is 4.70. The Morgan fingerprint density at radius 3 is 1.92 bits per heavy atom. The van der Waals surface area contributed by atoms with Crippen LogP contribution < -0.4 is 5.73 Å². The van der Waals surface area contributed by atoms with Crippen LogP contribution in [0.5, 0.6) is 0 Å². The fourth-order valence-corrected chi connectivity index (χ4v) is 1.87. The summed E-state index contributed by atoms with van der Waals surface area (Å²) in [6.45, 7) is 0. The normalized spacial score (nSPS) is 33.0. The zero-order chi connectivity index (χ0) is 8.97. The van der Waals surface area contributed by atoms with Gasteiger partial charge in [-0.15, -0.1) is 0 Å².